The molecule has 4 nitrogen and oxygen atoms in total. The molecule has 1 aromatic rings. The summed E-state index contributed by atoms with van der Waals surface area (Å²) >= 11 is 0. The maximum Gasteiger partial charge on any atom is 0.0726 e. The lowest BCUT2D eigenvalue weighted by Gasteiger charge is -2.38. The standard InChI is InChI=1S/C17H29N3O/c1-12(2)7-18-8-16-9-19-13(3)6-17(16)20-10-14(4)21-15(5)11-20/h6,9,12,14-15,18H,7-8,10-11H2,1-5H3. The van der Waals surface area contributed by atoms with Crippen molar-refractivity contribution in [2.24, 2.45) is 5.92 Å². The van der Waals surface area contributed by atoms with Crippen LogP contribution in [0.1, 0.15) is 39.0 Å². The molecule has 2 unspecified atom stereocenters. The molecule has 1 aliphatic rings. The maximum atomic E-state index is 5.85. The van der Waals surface area contributed by atoms with E-state index in [-0.39, 0.29) is 12.2 Å². The molecule has 4 heteroatoms. The van der Waals surface area contributed by atoms with Gasteiger partial charge in [-0.3, -0.25) is 4.98 Å². The first-order chi connectivity index (χ1) is 9.95. The molecule has 0 spiro atoms. The van der Waals surface area contributed by atoms with E-state index < -0.39 is 0 Å². The molecular formula is C17H29N3O. The summed E-state index contributed by atoms with van der Waals surface area (Å²) < 4.78 is 5.85. The van der Waals surface area contributed by atoms with Crippen LogP contribution < -0.4 is 10.2 Å². The number of rotatable bonds is 5. The summed E-state index contributed by atoms with van der Waals surface area (Å²) in [5, 5.41) is 3.52. The van der Waals surface area contributed by atoms with Gasteiger partial charge in [-0.15, -0.1) is 0 Å². The second-order valence-electron chi connectivity index (χ2n) is 6.64. The summed E-state index contributed by atoms with van der Waals surface area (Å²) in [6.45, 7) is 14.6. The summed E-state index contributed by atoms with van der Waals surface area (Å²) in [4.78, 5) is 6.92. The van der Waals surface area contributed by atoms with Crippen molar-refractivity contribution in [3.05, 3.63) is 23.5 Å². The van der Waals surface area contributed by atoms with Crippen molar-refractivity contribution >= 4 is 5.69 Å². The third-order valence-electron chi connectivity index (χ3n) is 3.73. The van der Waals surface area contributed by atoms with Crippen molar-refractivity contribution in [3.8, 4) is 0 Å². The van der Waals surface area contributed by atoms with Crippen molar-refractivity contribution in [1.82, 2.24) is 10.3 Å². The third kappa shape index (κ3) is 4.68. The number of aryl methyl sites for hydroxylation is 1. The zero-order valence-corrected chi connectivity index (χ0v) is 14.0. The zero-order valence-electron chi connectivity index (χ0n) is 14.0. The molecule has 0 amide bonds. The smallest absolute Gasteiger partial charge is 0.0726 e. The zero-order chi connectivity index (χ0) is 15.4. The van der Waals surface area contributed by atoms with Gasteiger partial charge in [0.05, 0.1) is 12.2 Å². The molecule has 1 aliphatic heterocycles. The van der Waals surface area contributed by atoms with Crippen LogP contribution in [-0.4, -0.2) is 36.8 Å². The van der Waals surface area contributed by atoms with Crippen LogP contribution in [0.4, 0.5) is 5.69 Å². The van der Waals surface area contributed by atoms with Crippen LogP contribution in [0.3, 0.4) is 0 Å². The Morgan fingerprint density at radius 2 is 2.00 bits per heavy atom. The Balaban J connectivity index is 2.14. The molecule has 0 bridgehead atoms. The molecule has 1 aromatic heterocycles. The van der Waals surface area contributed by atoms with Gasteiger partial charge >= 0.3 is 0 Å². The Morgan fingerprint density at radius 3 is 2.62 bits per heavy atom. The fourth-order valence-electron chi connectivity index (χ4n) is 2.87. The first-order valence-corrected chi connectivity index (χ1v) is 8.02. The number of hydrogen-bond donors (Lipinski definition) is 1. The van der Waals surface area contributed by atoms with Crippen LogP contribution in [-0.2, 0) is 11.3 Å². The number of ether oxygens (including phenoxy) is 1. The summed E-state index contributed by atoms with van der Waals surface area (Å²) in [5.41, 5.74) is 3.66. The summed E-state index contributed by atoms with van der Waals surface area (Å²) in [7, 11) is 0. The highest BCUT2D eigenvalue weighted by Gasteiger charge is 2.24. The van der Waals surface area contributed by atoms with Gasteiger partial charge < -0.3 is 15.0 Å². The molecule has 2 rings (SSSR count). The molecule has 118 valence electrons. The van der Waals surface area contributed by atoms with E-state index in [0.717, 1.165) is 31.9 Å². The SMILES string of the molecule is Cc1cc(N2CC(C)OC(C)C2)c(CNCC(C)C)cn1. The molecule has 21 heavy (non-hydrogen) atoms. The van der Waals surface area contributed by atoms with Gasteiger partial charge in [0.1, 0.15) is 0 Å². The van der Waals surface area contributed by atoms with E-state index in [1.807, 2.05) is 6.20 Å². The van der Waals surface area contributed by atoms with Crippen LogP contribution in [0, 0.1) is 12.8 Å². The summed E-state index contributed by atoms with van der Waals surface area (Å²) in [6.07, 6.45) is 2.57. The van der Waals surface area contributed by atoms with Crippen molar-refractivity contribution < 1.29 is 4.74 Å². The van der Waals surface area contributed by atoms with Gasteiger partial charge in [-0.2, -0.15) is 0 Å². The molecule has 1 fully saturated rings. The highest BCUT2D eigenvalue weighted by Crippen LogP contribution is 2.25. The lowest BCUT2D eigenvalue weighted by atomic mass is 10.1. The number of aromatic nitrogens is 1. The van der Waals surface area contributed by atoms with Crippen molar-refractivity contribution in [3.63, 3.8) is 0 Å². The van der Waals surface area contributed by atoms with Crippen LogP contribution >= 0.6 is 0 Å². The average molecular weight is 291 g/mol. The number of hydrogen-bond acceptors (Lipinski definition) is 4. The number of nitrogens with zero attached hydrogens (tertiary/aromatic N) is 2. The highest BCUT2D eigenvalue weighted by atomic mass is 16.5. The van der Waals surface area contributed by atoms with Gasteiger partial charge in [0, 0.05) is 42.8 Å². The first-order valence-electron chi connectivity index (χ1n) is 8.02. The van der Waals surface area contributed by atoms with E-state index in [1.54, 1.807) is 0 Å². The number of anilines is 1. The fraction of sp³-hybridized carbons (Fsp3) is 0.706. The quantitative estimate of drug-likeness (QED) is 0.905. The lowest BCUT2D eigenvalue weighted by molar-refractivity contribution is -0.00527. The second-order valence-corrected chi connectivity index (χ2v) is 6.64. The van der Waals surface area contributed by atoms with E-state index in [9.17, 15) is 0 Å². The lowest BCUT2D eigenvalue weighted by Crippen LogP contribution is -2.46. The molecule has 2 heterocycles. The highest BCUT2D eigenvalue weighted by molar-refractivity contribution is 5.54. The molecule has 0 aromatic carbocycles. The Morgan fingerprint density at radius 1 is 1.33 bits per heavy atom. The molecule has 0 aliphatic carbocycles. The average Bonchev–Trinajstić information content (AvgIpc) is 2.39. The predicted molar refractivity (Wildman–Crippen MR) is 87.7 cm³/mol. The van der Waals surface area contributed by atoms with Crippen LogP contribution in [0.2, 0.25) is 0 Å². The van der Waals surface area contributed by atoms with E-state index in [2.05, 4.69) is 55.9 Å². The summed E-state index contributed by atoms with van der Waals surface area (Å²) in [5.74, 6) is 0.662. The van der Waals surface area contributed by atoms with E-state index >= 15 is 0 Å². The molecule has 0 radical (unpaired) electrons. The Hall–Kier alpha value is -1.13. The minimum Gasteiger partial charge on any atom is -0.372 e. The predicted octanol–water partition coefficient (Wildman–Crippen LogP) is 2.75. The Labute approximate surface area is 128 Å². The Bertz CT molecular complexity index is 451. The van der Waals surface area contributed by atoms with E-state index in [0.29, 0.717) is 5.92 Å². The molecular weight excluding hydrogens is 262 g/mol. The monoisotopic (exact) mass is 291 g/mol. The first kappa shape index (κ1) is 16.2. The van der Waals surface area contributed by atoms with Gasteiger partial charge in [-0.1, -0.05) is 13.8 Å². The largest absolute Gasteiger partial charge is 0.372 e. The van der Waals surface area contributed by atoms with Crippen molar-refractivity contribution in [1.29, 1.82) is 0 Å². The van der Waals surface area contributed by atoms with Gasteiger partial charge in [0.2, 0.25) is 0 Å². The van der Waals surface area contributed by atoms with Gasteiger partial charge in [-0.05, 0) is 39.3 Å². The third-order valence-corrected chi connectivity index (χ3v) is 3.73. The van der Waals surface area contributed by atoms with E-state index in [1.165, 1.54) is 11.3 Å². The Kier molecular flexibility index (Phi) is 5.59. The van der Waals surface area contributed by atoms with Gasteiger partial charge in [0.25, 0.3) is 0 Å². The second kappa shape index (κ2) is 7.23. The van der Waals surface area contributed by atoms with Crippen LogP contribution in [0.15, 0.2) is 12.3 Å². The summed E-state index contributed by atoms with van der Waals surface area (Å²) in [6, 6.07) is 2.21. The van der Waals surface area contributed by atoms with Gasteiger partial charge in [-0.25, -0.2) is 0 Å². The van der Waals surface area contributed by atoms with Gasteiger partial charge in [0.15, 0.2) is 0 Å². The molecule has 1 N–H and O–H groups in total. The number of morpholine rings is 1. The van der Waals surface area contributed by atoms with Crippen LogP contribution in [0.25, 0.3) is 0 Å². The minimum atomic E-state index is 0.277. The van der Waals surface area contributed by atoms with E-state index in [4.69, 9.17) is 4.74 Å². The van der Waals surface area contributed by atoms with Crippen LogP contribution in [0.5, 0.6) is 0 Å². The number of pyridine rings is 1. The number of nitrogens with one attached hydrogen (secondary N) is 1. The molecule has 0 saturated carbocycles. The maximum absolute atomic E-state index is 5.85. The fourth-order valence-corrected chi connectivity index (χ4v) is 2.87. The molecule has 1 saturated heterocycles. The molecule has 2 atom stereocenters. The topological polar surface area (TPSA) is 37.4 Å². The van der Waals surface area contributed by atoms with Crippen molar-refractivity contribution in [2.45, 2.75) is 53.4 Å². The normalized spacial score (nSPS) is 22.9. The minimum absolute atomic E-state index is 0.277. The van der Waals surface area contributed by atoms with Crippen molar-refractivity contribution in [2.75, 3.05) is 24.5 Å².